The van der Waals surface area contributed by atoms with Crippen LogP contribution in [0.25, 0.3) is 0 Å². The van der Waals surface area contributed by atoms with E-state index in [1.165, 1.54) is 4.88 Å². The average Bonchev–Trinajstić information content (AvgIpc) is 2.79. The Balaban J connectivity index is 2.36. The van der Waals surface area contributed by atoms with Crippen LogP contribution in [0.1, 0.15) is 30.7 Å². The molecule has 0 aliphatic rings. The lowest BCUT2D eigenvalue weighted by Crippen LogP contribution is -2.23. The van der Waals surface area contributed by atoms with E-state index in [1.807, 2.05) is 6.07 Å². The first-order valence-corrected chi connectivity index (χ1v) is 7.52. The third-order valence-corrected chi connectivity index (χ3v) is 3.91. The van der Waals surface area contributed by atoms with Gasteiger partial charge in [0.2, 0.25) is 0 Å². The first kappa shape index (κ1) is 15.9. The highest BCUT2D eigenvalue weighted by Gasteiger charge is 2.12. The maximum Gasteiger partial charge on any atom is 0.0931 e. The Hall–Kier alpha value is -0.130. The van der Waals surface area contributed by atoms with Gasteiger partial charge in [-0.3, -0.25) is 0 Å². The monoisotopic (exact) mass is 291 g/mol. The minimum Gasteiger partial charge on any atom is -0.382 e. The number of rotatable bonds is 10. The van der Waals surface area contributed by atoms with Crippen molar-refractivity contribution in [1.29, 1.82) is 0 Å². The van der Waals surface area contributed by atoms with Gasteiger partial charge in [0.25, 0.3) is 0 Å². The number of methoxy groups -OCH3 is 1. The van der Waals surface area contributed by atoms with Crippen molar-refractivity contribution in [3.05, 3.63) is 21.3 Å². The molecule has 104 valence electrons. The maximum atomic E-state index is 5.98. The summed E-state index contributed by atoms with van der Waals surface area (Å²) in [4.78, 5) is 1.28. The van der Waals surface area contributed by atoms with Crippen LogP contribution in [0, 0.1) is 0 Å². The zero-order valence-corrected chi connectivity index (χ0v) is 12.6. The molecule has 1 heterocycles. The molecular formula is C13H22ClNO2S. The molecule has 0 radical (unpaired) electrons. The molecule has 0 aromatic carbocycles. The molecule has 0 amide bonds. The molecular weight excluding hydrogens is 270 g/mol. The Labute approximate surface area is 118 Å². The van der Waals surface area contributed by atoms with Gasteiger partial charge in [-0.2, -0.15) is 0 Å². The van der Waals surface area contributed by atoms with E-state index < -0.39 is 0 Å². The topological polar surface area (TPSA) is 30.5 Å². The molecule has 0 aliphatic heterocycles. The highest BCUT2D eigenvalue weighted by molar-refractivity contribution is 7.16. The summed E-state index contributed by atoms with van der Waals surface area (Å²) in [6, 6.07) is 4.38. The lowest BCUT2D eigenvalue weighted by molar-refractivity contribution is 0.0659. The summed E-state index contributed by atoms with van der Waals surface area (Å²) in [6.07, 6.45) is 2.08. The van der Waals surface area contributed by atoms with Gasteiger partial charge in [0.05, 0.1) is 17.6 Å². The van der Waals surface area contributed by atoms with E-state index >= 15 is 0 Å². The van der Waals surface area contributed by atoms with E-state index in [1.54, 1.807) is 18.4 Å². The summed E-state index contributed by atoms with van der Waals surface area (Å²) >= 11 is 7.62. The Morgan fingerprint density at radius 3 is 2.78 bits per heavy atom. The highest BCUT2D eigenvalue weighted by Crippen LogP contribution is 2.28. The minimum atomic E-state index is 0.338. The maximum absolute atomic E-state index is 5.98. The molecule has 1 atom stereocenters. The first-order valence-electron chi connectivity index (χ1n) is 6.33. The van der Waals surface area contributed by atoms with Crippen LogP contribution < -0.4 is 5.32 Å². The molecule has 0 spiro atoms. The number of ether oxygens (including phenoxy) is 2. The Morgan fingerprint density at radius 1 is 1.33 bits per heavy atom. The fourth-order valence-electron chi connectivity index (χ4n) is 1.62. The van der Waals surface area contributed by atoms with E-state index in [2.05, 4.69) is 18.3 Å². The van der Waals surface area contributed by atoms with Crippen LogP contribution in [0.5, 0.6) is 0 Å². The molecule has 0 bridgehead atoms. The van der Waals surface area contributed by atoms with E-state index in [0.717, 1.165) is 30.3 Å². The second-order valence-corrected chi connectivity index (χ2v) is 5.79. The van der Waals surface area contributed by atoms with Crippen LogP contribution in [0.3, 0.4) is 0 Å². The number of thiophene rings is 1. The summed E-state index contributed by atoms with van der Waals surface area (Å²) in [7, 11) is 1.68. The summed E-state index contributed by atoms with van der Waals surface area (Å²) in [6.45, 7) is 5.22. The molecule has 1 unspecified atom stereocenters. The SMILES string of the molecule is CCCNC(CCOCCOC)c1ccc(Cl)s1. The molecule has 1 N–H and O–H groups in total. The standard InChI is InChI=1S/C13H22ClNO2S/c1-3-7-15-11(6-8-17-10-9-16-2)12-4-5-13(14)18-12/h4-5,11,15H,3,6-10H2,1-2H3. The van der Waals surface area contributed by atoms with Crippen molar-refractivity contribution in [1.82, 2.24) is 5.32 Å². The first-order chi connectivity index (χ1) is 8.77. The van der Waals surface area contributed by atoms with E-state index in [-0.39, 0.29) is 0 Å². The predicted octanol–water partition coefficient (Wildman–Crippen LogP) is 3.50. The van der Waals surface area contributed by atoms with Gasteiger partial charge >= 0.3 is 0 Å². The molecule has 0 saturated carbocycles. The van der Waals surface area contributed by atoms with Crippen molar-refractivity contribution in [2.45, 2.75) is 25.8 Å². The second kappa shape index (κ2) is 9.75. The smallest absolute Gasteiger partial charge is 0.0931 e. The van der Waals surface area contributed by atoms with Gasteiger partial charge < -0.3 is 14.8 Å². The van der Waals surface area contributed by atoms with E-state index in [9.17, 15) is 0 Å². The fourth-order valence-corrected chi connectivity index (χ4v) is 2.80. The summed E-state index contributed by atoms with van der Waals surface area (Å²) in [5.74, 6) is 0. The molecule has 1 aromatic rings. The predicted molar refractivity (Wildman–Crippen MR) is 77.7 cm³/mol. The summed E-state index contributed by atoms with van der Waals surface area (Å²) in [5.41, 5.74) is 0. The van der Waals surface area contributed by atoms with Gasteiger partial charge in [0.1, 0.15) is 0 Å². The number of nitrogens with one attached hydrogen (secondary N) is 1. The zero-order chi connectivity index (χ0) is 13.2. The van der Waals surface area contributed by atoms with E-state index in [4.69, 9.17) is 21.1 Å². The van der Waals surface area contributed by atoms with Gasteiger partial charge in [0.15, 0.2) is 0 Å². The van der Waals surface area contributed by atoms with Crippen LogP contribution in [-0.2, 0) is 9.47 Å². The second-order valence-electron chi connectivity index (χ2n) is 4.04. The minimum absolute atomic E-state index is 0.338. The molecule has 0 aliphatic carbocycles. The number of hydrogen-bond acceptors (Lipinski definition) is 4. The van der Waals surface area contributed by atoms with Gasteiger partial charge in [-0.05, 0) is 31.5 Å². The van der Waals surface area contributed by atoms with Crippen LogP contribution in [0.4, 0.5) is 0 Å². The molecule has 1 rings (SSSR count). The van der Waals surface area contributed by atoms with Crippen LogP contribution in [-0.4, -0.2) is 33.5 Å². The normalized spacial score (nSPS) is 12.8. The Morgan fingerprint density at radius 2 is 2.17 bits per heavy atom. The molecule has 1 aromatic heterocycles. The van der Waals surface area contributed by atoms with E-state index in [0.29, 0.717) is 19.3 Å². The van der Waals surface area contributed by atoms with Crippen molar-refractivity contribution >= 4 is 22.9 Å². The van der Waals surface area contributed by atoms with Crippen LogP contribution >= 0.6 is 22.9 Å². The molecule has 5 heteroatoms. The van der Waals surface area contributed by atoms with Crippen molar-refractivity contribution in [3.8, 4) is 0 Å². The largest absolute Gasteiger partial charge is 0.382 e. The fraction of sp³-hybridized carbons (Fsp3) is 0.692. The van der Waals surface area contributed by atoms with Crippen molar-refractivity contribution in [3.63, 3.8) is 0 Å². The Kier molecular flexibility index (Phi) is 8.63. The van der Waals surface area contributed by atoms with Gasteiger partial charge in [-0.25, -0.2) is 0 Å². The molecule has 0 saturated heterocycles. The number of hydrogen-bond donors (Lipinski definition) is 1. The molecule has 3 nitrogen and oxygen atoms in total. The zero-order valence-electron chi connectivity index (χ0n) is 11.1. The van der Waals surface area contributed by atoms with Gasteiger partial charge in [-0.15, -0.1) is 11.3 Å². The Bertz CT molecular complexity index is 320. The third-order valence-electron chi connectivity index (χ3n) is 2.56. The summed E-state index contributed by atoms with van der Waals surface area (Å²) < 4.78 is 11.3. The summed E-state index contributed by atoms with van der Waals surface area (Å²) in [5, 5.41) is 3.53. The third kappa shape index (κ3) is 6.16. The van der Waals surface area contributed by atoms with Crippen molar-refractivity contribution < 1.29 is 9.47 Å². The van der Waals surface area contributed by atoms with Gasteiger partial charge in [-0.1, -0.05) is 18.5 Å². The lowest BCUT2D eigenvalue weighted by atomic mass is 10.1. The van der Waals surface area contributed by atoms with Crippen LogP contribution in [0.15, 0.2) is 12.1 Å². The average molecular weight is 292 g/mol. The number of halogens is 1. The van der Waals surface area contributed by atoms with Crippen LogP contribution in [0.2, 0.25) is 4.34 Å². The lowest BCUT2D eigenvalue weighted by Gasteiger charge is -2.17. The molecule has 0 fully saturated rings. The van der Waals surface area contributed by atoms with Gasteiger partial charge in [0, 0.05) is 24.6 Å². The van der Waals surface area contributed by atoms with Crippen molar-refractivity contribution in [2.24, 2.45) is 0 Å². The molecule has 18 heavy (non-hydrogen) atoms. The van der Waals surface area contributed by atoms with Crippen molar-refractivity contribution in [2.75, 3.05) is 33.5 Å². The quantitative estimate of drug-likeness (QED) is 0.669. The highest BCUT2D eigenvalue weighted by atomic mass is 35.5.